The van der Waals surface area contributed by atoms with Gasteiger partial charge in [-0.1, -0.05) is 6.07 Å². The van der Waals surface area contributed by atoms with Gasteiger partial charge in [-0.2, -0.15) is 18.3 Å². The molecule has 0 atom stereocenters. The summed E-state index contributed by atoms with van der Waals surface area (Å²) in [4.78, 5) is 38.4. The molecular formula is C30H31F3N8O3. The van der Waals surface area contributed by atoms with Gasteiger partial charge in [0.1, 0.15) is 5.82 Å². The molecule has 2 saturated heterocycles. The Balaban J connectivity index is 1.27. The molecule has 2 aromatic carbocycles. The molecule has 0 unspecified atom stereocenters. The molecule has 6 rings (SSSR count). The number of carbonyl (C=O) groups excluding carboxylic acids is 2. The first kappa shape index (κ1) is 29.4. The normalized spacial score (nSPS) is 16.3. The second kappa shape index (κ2) is 12.1. The van der Waals surface area contributed by atoms with E-state index >= 15 is 0 Å². The molecule has 0 bridgehead atoms. The SMILES string of the molecule is CNC(=O)Nc1ccc(-c2nc(N3CCOCC3)c3cnn(C4CCN(C(=O)c5cccc(C(F)(F)F)c5)CC4)c3n2)cc1. The Morgan fingerprint density at radius 1 is 0.977 bits per heavy atom. The van der Waals surface area contributed by atoms with E-state index in [2.05, 4.69) is 15.5 Å². The third kappa shape index (κ3) is 6.02. The summed E-state index contributed by atoms with van der Waals surface area (Å²) in [6, 6.07) is 11.4. The largest absolute Gasteiger partial charge is 0.416 e. The number of hydrogen-bond acceptors (Lipinski definition) is 7. The number of alkyl halides is 3. The van der Waals surface area contributed by atoms with Crippen LogP contribution in [-0.4, -0.2) is 83.0 Å². The minimum Gasteiger partial charge on any atom is -0.378 e. The maximum absolute atomic E-state index is 13.2. The van der Waals surface area contributed by atoms with Crippen molar-refractivity contribution in [1.29, 1.82) is 0 Å². The van der Waals surface area contributed by atoms with Crippen molar-refractivity contribution in [2.45, 2.75) is 25.1 Å². The monoisotopic (exact) mass is 608 g/mol. The molecule has 2 N–H and O–H groups in total. The number of aromatic nitrogens is 4. The average molecular weight is 609 g/mol. The fourth-order valence-electron chi connectivity index (χ4n) is 5.54. The number of halogens is 3. The van der Waals surface area contributed by atoms with E-state index < -0.39 is 17.6 Å². The van der Waals surface area contributed by atoms with Crippen LogP contribution < -0.4 is 15.5 Å². The predicted molar refractivity (Wildman–Crippen MR) is 157 cm³/mol. The lowest BCUT2D eigenvalue weighted by Gasteiger charge is -2.32. The van der Waals surface area contributed by atoms with Crippen molar-refractivity contribution in [3.63, 3.8) is 0 Å². The summed E-state index contributed by atoms with van der Waals surface area (Å²) in [6.45, 7) is 3.23. The number of amides is 3. The number of likely N-dealkylation sites (tertiary alicyclic amines) is 1. The maximum atomic E-state index is 13.2. The Hall–Kier alpha value is -4.72. The van der Waals surface area contributed by atoms with Gasteiger partial charge in [-0.05, 0) is 55.3 Å². The van der Waals surface area contributed by atoms with Crippen molar-refractivity contribution < 1.29 is 27.5 Å². The smallest absolute Gasteiger partial charge is 0.378 e. The fourth-order valence-corrected chi connectivity index (χ4v) is 5.54. The molecule has 230 valence electrons. The number of hydrogen-bond donors (Lipinski definition) is 2. The van der Waals surface area contributed by atoms with Crippen LogP contribution in [0.25, 0.3) is 22.4 Å². The summed E-state index contributed by atoms with van der Waals surface area (Å²) in [5.74, 6) is 0.835. The highest BCUT2D eigenvalue weighted by molar-refractivity contribution is 5.94. The summed E-state index contributed by atoms with van der Waals surface area (Å²) >= 11 is 0. The van der Waals surface area contributed by atoms with E-state index in [-0.39, 0.29) is 17.6 Å². The van der Waals surface area contributed by atoms with Crippen molar-refractivity contribution in [3.8, 4) is 11.4 Å². The van der Waals surface area contributed by atoms with Crippen LogP contribution in [0.4, 0.5) is 29.5 Å². The number of nitrogens with zero attached hydrogens (tertiary/aromatic N) is 6. The second-order valence-corrected chi connectivity index (χ2v) is 10.7. The maximum Gasteiger partial charge on any atom is 0.416 e. The minimum atomic E-state index is -4.52. The Labute approximate surface area is 251 Å². The van der Waals surface area contributed by atoms with Crippen molar-refractivity contribution >= 4 is 34.5 Å². The molecule has 2 fully saturated rings. The molecule has 0 saturated carbocycles. The Kier molecular flexibility index (Phi) is 8.08. The van der Waals surface area contributed by atoms with E-state index in [1.165, 1.54) is 12.1 Å². The topological polar surface area (TPSA) is 118 Å². The number of fused-ring (bicyclic) bond motifs is 1. The number of carbonyl (C=O) groups is 2. The quantitative estimate of drug-likeness (QED) is 0.341. The third-order valence-electron chi connectivity index (χ3n) is 7.91. The van der Waals surface area contributed by atoms with E-state index in [4.69, 9.17) is 19.8 Å². The van der Waals surface area contributed by atoms with E-state index in [9.17, 15) is 22.8 Å². The van der Waals surface area contributed by atoms with Crippen molar-refractivity contribution in [2.75, 3.05) is 56.7 Å². The molecule has 3 amide bonds. The van der Waals surface area contributed by atoms with Crippen molar-refractivity contribution in [1.82, 2.24) is 30.0 Å². The number of urea groups is 1. The Morgan fingerprint density at radius 3 is 2.39 bits per heavy atom. The van der Waals surface area contributed by atoms with Gasteiger partial charge >= 0.3 is 12.2 Å². The van der Waals surface area contributed by atoms with Crippen LogP contribution in [0.5, 0.6) is 0 Å². The third-order valence-corrected chi connectivity index (χ3v) is 7.91. The lowest BCUT2D eigenvalue weighted by Crippen LogP contribution is -2.39. The summed E-state index contributed by atoms with van der Waals surface area (Å²) in [6.07, 6.45) is -1.63. The predicted octanol–water partition coefficient (Wildman–Crippen LogP) is 4.58. The average Bonchev–Trinajstić information content (AvgIpc) is 3.48. The van der Waals surface area contributed by atoms with Gasteiger partial charge in [0.2, 0.25) is 0 Å². The number of nitrogens with one attached hydrogen (secondary N) is 2. The molecule has 2 aliphatic heterocycles. The zero-order valence-electron chi connectivity index (χ0n) is 24.0. The van der Waals surface area contributed by atoms with Gasteiger partial charge in [0.15, 0.2) is 11.5 Å². The van der Waals surface area contributed by atoms with Crippen LogP contribution in [0, 0.1) is 0 Å². The van der Waals surface area contributed by atoms with Crippen LogP contribution in [0.15, 0.2) is 54.7 Å². The highest BCUT2D eigenvalue weighted by Crippen LogP contribution is 2.33. The molecule has 0 aliphatic carbocycles. The number of rotatable bonds is 5. The number of ether oxygens (including phenoxy) is 1. The van der Waals surface area contributed by atoms with Crippen molar-refractivity contribution in [2.24, 2.45) is 0 Å². The lowest BCUT2D eigenvalue weighted by atomic mass is 10.0. The molecule has 4 aromatic rings. The Morgan fingerprint density at radius 2 is 1.70 bits per heavy atom. The van der Waals surface area contributed by atoms with Gasteiger partial charge in [-0.25, -0.2) is 19.4 Å². The van der Waals surface area contributed by atoms with E-state index in [1.54, 1.807) is 30.3 Å². The zero-order valence-corrected chi connectivity index (χ0v) is 24.0. The van der Waals surface area contributed by atoms with Gasteiger partial charge in [0.05, 0.1) is 36.4 Å². The Bertz CT molecular complexity index is 1660. The first-order valence-electron chi connectivity index (χ1n) is 14.3. The standard InChI is InChI=1S/C30H31F3N8O3/c1-34-29(43)36-22-7-5-19(6-8-22)25-37-26(39-13-15-44-16-14-39)24-18-35-41(27(24)38-25)23-9-11-40(12-10-23)28(42)20-3-2-4-21(17-20)30(31,32)33/h2-8,17-18,23H,9-16H2,1H3,(H2,34,36,43). The first-order valence-corrected chi connectivity index (χ1v) is 14.3. The van der Waals surface area contributed by atoms with E-state index in [1.807, 2.05) is 16.8 Å². The van der Waals surface area contributed by atoms with Crippen molar-refractivity contribution in [3.05, 3.63) is 65.9 Å². The summed E-state index contributed by atoms with van der Waals surface area (Å²) in [5.41, 5.74) is 1.22. The highest BCUT2D eigenvalue weighted by atomic mass is 19.4. The van der Waals surface area contributed by atoms with Gasteiger partial charge in [-0.15, -0.1) is 0 Å². The molecule has 44 heavy (non-hydrogen) atoms. The molecule has 14 heteroatoms. The number of morpholine rings is 1. The highest BCUT2D eigenvalue weighted by Gasteiger charge is 2.32. The summed E-state index contributed by atoms with van der Waals surface area (Å²) < 4.78 is 47.0. The molecular weight excluding hydrogens is 577 g/mol. The molecule has 2 aliphatic rings. The summed E-state index contributed by atoms with van der Waals surface area (Å²) in [5, 5.41) is 10.8. The van der Waals surface area contributed by atoms with Crippen LogP contribution >= 0.6 is 0 Å². The zero-order chi connectivity index (χ0) is 30.8. The molecule has 2 aromatic heterocycles. The van der Waals surface area contributed by atoms with Crippen LogP contribution in [-0.2, 0) is 10.9 Å². The van der Waals surface area contributed by atoms with Gasteiger partial charge in [-0.3, -0.25) is 4.79 Å². The van der Waals surface area contributed by atoms with Crippen LogP contribution in [0.2, 0.25) is 0 Å². The minimum absolute atomic E-state index is 0.0203. The van der Waals surface area contributed by atoms with Crippen LogP contribution in [0.1, 0.15) is 34.8 Å². The van der Waals surface area contributed by atoms with E-state index in [0.717, 1.165) is 28.9 Å². The fraction of sp³-hybridized carbons (Fsp3) is 0.367. The number of piperidine rings is 1. The molecule has 0 radical (unpaired) electrons. The van der Waals surface area contributed by atoms with E-state index in [0.29, 0.717) is 69.4 Å². The summed E-state index contributed by atoms with van der Waals surface area (Å²) in [7, 11) is 1.54. The van der Waals surface area contributed by atoms with Gasteiger partial charge in [0, 0.05) is 50.0 Å². The second-order valence-electron chi connectivity index (χ2n) is 10.7. The number of benzene rings is 2. The van der Waals surface area contributed by atoms with Gasteiger partial charge in [0.25, 0.3) is 5.91 Å². The molecule has 11 nitrogen and oxygen atoms in total. The van der Waals surface area contributed by atoms with Gasteiger partial charge < -0.3 is 25.2 Å². The lowest BCUT2D eigenvalue weighted by molar-refractivity contribution is -0.137. The van der Waals surface area contributed by atoms with Crippen LogP contribution in [0.3, 0.4) is 0 Å². The number of anilines is 2. The molecule has 4 heterocycles. The molecule has 0 spiro atoms. The first-order chi connectivity index (χ1) is 21.2.